The van der Waals surface area contributed by atoms with Crippen molar-refractivity contribution in [3.63, 3.8) is 0 Å². The summed E-state index contributed by atoms with van der Waals surface area (Å²) in [5.41, 5.74) is 0.178. The van der Waals surface area contributed by atoms with E-state index in [4.69, 9.17) is 24.1 Å². The van der Waals surface area contributed by atoms with Gasteiger partial charge in [0, 0.05) is 19.6 Å². The van der Waals surface area contributed by atoms with E-state index < -0.39 is 64.6 Å². The summed E-state index contributed by atoms with van der Waals surface area (Å²) < 4.78 is 51.6. The van der Waals surface area contributed by atoms with Crippen LogP contribution in [0.5, 0.6) is 5.75 Å². The van der Waals surface area contributed by atoms with Crippen LogP contribution in [0.1, 0.15) is 38.7 Å². The van der Waals surface area contributed by atoms with Crippen LogP contribution in [0.25, 0.3) is 0 Å². The highest BCUT2D eigenvalue weighted by molar-refractivity contribution is 7.89. The summed E-state index contributed by atoms with van der Waals surface area (Å²) in [6.45, 7) is 3.82. The van der Waals surface area contributed by atoms with E-state index in [9.17, 15) is 27.9 Å². The Kier molecular flexibility index (Phi) is 13.8. The van der Waals surface area contributed by atoms with Crippen LogP contribution in [0.2, 0.25) is 0 Å². The number of alkyl carbamates (subject to hydrolysis) is 1. The quantitative estimate of drug-likeness (QED) is 0.142. The largest absolute Gasteiger partial charge is 0.497 e. The fraction of sp³-hybridized carbons (Fsp3) is 0.559. The van der Waals surface area contributed by atoms with Crippen molar-refractivity contribution in [1.29, 1.82) is 0 Å². The van der Waals surface area contributed by atoms with E-state index in [1.54, 1.807) is 0 Å². The maximum atomic E-state index is 14.2. The number of methoxy groups -OCH3 is 1. The van der Waals surface area contributed by atoms with Crippen molar-refractivity contribution < 1.29 is 52.0 Å². The first-order chi connectivity index (χ1) is 23.8. The van der Waals surface area contributed by atoms with E-state index in [0.29, 0.717) is 31.6 Å². The third-order valence-electron chi connectivity index (χ3n) is 8.72. The monoisotopic (exact) mass is 720 g/mol. The van der Waals surface area contributed by atoms with Crippen molar-refractivity contribution in [3.05, 3.63) is 60.2 Å². The van der Waals surface area contributed by atoms with E-state index >= 15 is 0 Å². The number of ether oxygens (including phenoxy) is 4. The summed E-state index contributed by atoms with van der Waals surface area (Å²) in [5, 5.41) is 28.1. The van der Waals surface area contributed by atoms with Gasteiger partial charge in [-0.2, -0.15) is 4.31 Å². The first-order valence-corrected chi connectivity index (χ1v) is 18.0. The predicted octanol–water partition coefficient (Wildman–Crippen LogP) is 2.34. The first-order valence-electron chi connectivity index (χ1n) is 16.6. The summed E-state index contributed by atoms with van der Waals surface area (Å²) in [7, 11) is -2.69. The van der Waals surface area contributed by atoms with Crippen LogP contribution < -0.4 is 20.7 Å². The van der Waals surface area contributed by atoms with Crippen LogP contribution in [0.4, 0.5) is 9.59 Å². The second kappa shape index (κ2) is 17.8. The molecule has 2 aliphatic rings. The molecule has 15 nitrogen and oxygen atoms in total. The van der Waals surface area contributed by atoms with Crippen LogP contribution in [-0.2, 0) is 35.4 Å². The molecule has 2 aliphatic heterocycles. The average Bonchev–Trinajstić information content (AvgIpc) is 3.71. The molecule has 2 aromatic carbocycles. The fourth-order valence-corrected chi connectivity index (χ4v) is 7.69. The molecule has 5 atom stereocenters. The second-order valence-electron chi connectivity index (χ2n) is 13.2. The van der Waals surface area contributed by atoms with Gasteiger partial charge in [0.05, 0.1) is 43.3 Å². The first kappa shape index (κ1) is 38.8. The molecule has 0 unspecified atom stereocenters. The highest BCUT2D eigenvalue weighted by Gasteiger charge is 2.44. The van der Waals surface area contributed by atoms with Gasteiger partial charge in [-0.25, -0.2) is 18.0 Å². The second-order valence-corrected chi connectivity index (χ2v) is 15.2. The zero-order chi connectivity index (χ0) is 36.3. The van der Waals surface area contributed by atoms with Crippen molar-refractivity contribution in [2.75, 3.05) is 46.5 Å². The Morgan fingerprint density at radius 2 is 1.78 bits per heavy atom. The zero-order valence-corrected chi connectivity index (χ0v) is 29.4. The number of carboxylic acid groups (broad SMARTS) is 1. The minimum absolute atomic E-state index is 0.000355. The van der Waals surface area contributed by atoms with Gasteiger partial charge in [0.2, 0.25) is 10.0 Å². The summed E-state index contributed by atoms with van der Waals surface area (Å²) >= 11 is 0. The van der Waals surface area contributed by atoms with Gasteiger partial charge >= 0.3 is 18.1 Å². The molecule has 2 heterocycles. The molecule has 0 spiro atoms. The SMILES string of the molecule is COc1ccc(S(=O)(=O)N(C[C@@H](O)[C@H](Cc2ccccc2)NC(=O)O[C@@H]2CO[C@@H]3OCC[C@@H]32)CC(C)(C)CCCNC(=O)NCC(=O)O)cc1. The number of nitrogens with zero attached hydrogens (tertiary/aromatic N) is 1. The highest BCUT2D eigenvalue weighted by atomic mass is 32.2. The summed E-state index contributed by atoms with van der Waals surface area (Å²) in [6.07, 6.45) is -1.20. The normalized spacial score (nSPS) is 20.1. The molecule has 50 heavy (non-hydrogen) atoms. The van der Waals surface area contributed by atoms with Gasteiger partial charge in [-0.05, 0) is 60.9 Å². The number of carbonyl (C=O) groups is 3. The van der Waals surface area contributed by atoms with Crippen molar-refractivity contribution >= 4 is 28.1 Å². The Morgan fingerprint density at radius 3 is 2.46 bits per heavy atom. The number of benzene rings is 2. The van der Waals surface area contributed by atoms with E-state index in [2.05, 4.69) is 16.0 Å². The zero-order valence-electron chi connectivity index (χ0n) is 28.6. The molecule has 0 bridgehead atoms. The smallest absolute Gasteiger partial charge is 0.407 e. The number of sulfonamides is 1. The highest BCUT2D eigenvalue weighted by Crippen LogP contribution is 2.33. The van der Waals surface area contributed by atoms with Gasteiger partial charge in [0.1, 0.15) is 18.4 Å². The predicted molar refractivity (Wildman–Crippen MR) is 181 cm³/mol. The van der Waals surface area contributed by atoms with E-state index in [0.717, 1.165) is 5.56 Å². The molecule has 276 valence electrons. The number of hydrogen-bond acceptors (Lipinski definition) is 10. The van der Waals surface area contributed by atoms with Crippen molar-refractivity contribution in [2.24, 2.45) is 11.3 Å². The molecule has 3 amide bonds. The summed E-state index contributed by atoms with van der Waals surface area (Å²) in [4.78, 5) is 35.8. The number of aliphatic hydroxyl groups is 1. The number of aliphatic hydroxyl groups excluding tert-OH is 1. The van der Waals surface area contributed by atoms with E-state index in [1.807, 2.05) is 44.2 Å². The van der Waals surface area contributed by atoms with Crippen LogP contribution in [0.3, 0.4) is 0 Å². The van der Waals surface area contributed by atoms with Gasteiger partial charge < -0.3 is 45.1 Å². The van der Waals surface area contributed by atoms with Gasteiger partial charge in [0.15, 0.2) is 6.29 Å². The Hall–Kier alpha value is -3.96. The lowest BCUT2D eigenvalue weighted by Crippen LogP contribution is -2.52. The molecule has 2 aromatic rings. The summed E-state index contributed by atoms with van der Waals surface area (Å²) in [5.74, 6) is -0.773. The molecule has 0 radical (unpaired) electrons. The third kappa shape index (κ3) is 11.3. The van der Waals surface area contributed by atoms with Gasteiger partial charge in [0.25, 0.3) is 0 Å². The number of carboxylic acids is 1. The Labute approximate surface area is 292 Å². The molecule has 2 saturated heterocycles. The van der Waals surface area contributed by atoms with Crippen molar-refractivity contribution in [1.82, 2.24) is 20.3 Å². The lowest BCUT2D eigenvalue weighted by molar-refractivity contribution is -0.135. The van der Waals surface area contributed by atoms with Crippen LogP contribution >= 0.6 is 0 Å². The minimum atomic E-state index is -4.17. The topological polar surface area (TPSA) is 202 Å². The number of aliphatic carboxylic acids is 1. The Balaban J connectivity index is 1.50. The number of rotatable bonds is 18. The lowest BCUT2D eigenvalue weighted by Gasteiger charge is -2.35. The standard InChI is InChI=1S/C34H48N4O11S/c1-34(2,15-7-16-35-32(42)36-19-30(40)41)22-38(50(44,45)25-12-10-24(46-3)11-13-25)20-28(39)27(18-23-8-5-4-6-9-23)37-33(43)49-29-21-48-31-26(29)14-17-47-31/h4-6,8-13,26-29,31,39H,7,14-22H2,1-3H3,(H,37,43)(H,40,41)(H2,35,36,42)/t26-,27+,28-,29-,31+/m1/s1. The van der Waals surface area contributed by atoms with Crippen LogP contribution in [-0.4, -0.2) is 112 Å². The molecule has 5 N–H and O–H groups in total. The van der Waals surface area contributed by atoms with Crippen LogP contribution in [0.15, 0.2) is 59.5 Å². The lowest BCUT2D eigenvalue weighted by atomic mass is 9.87. The van der Waals surface area contributed by atoms with Gasteiger partial charge in [-0.15, -0.1) is 0 Å². The maximum absolute atomic E-state index is 14.2. The van der Waals surface area contributed by atoms with E-state index in [-0.39, 0.29) is 43.5 Å². The molecule has 4 rings (SSSR count). The molecule has 0 aliphatic carbocycles. The number of fused-ring (bicyclic) bond motifs is 1. The molecule has 0 saturated carbocycles. The summed E-state index contributed by atoms with van der Waals surface area (Å²) in [6, 6.07) is 13.6. The number of amides is 3. The molecular weight excluding hydrogens is 672 g/mol. The Morgan fingerprint density at radius 1 is 1.06 bits per heavy atom. The molecule has 16 heteroatoms. The fourth-order valence-electron chi connectivity index (χ4n) is 6.05. The number of nitrogens with one attached hydrogen (secondary N) is 3. The van der Waals surface area contributed by atoms with Crippen molar-refractivity contribution in [2.45, 2.75) is 69.0 Å². The average molecular weight is 721 g/mol. The molecule has 0 aromatic heterocycles. The minimum Gasteiger partial charge on any atom is -0.497 e. The van der Waals surface area contributed by atoms with E-state index in [1.165, 1.54) is 35.7 Å². The third-order valence-corrected chi connectivity index (χ3v) is 10.5. The number of urea groups is 1. The molecular formula is C34H48N4O11S. The number of carbonyl (C=O) groups excluding carboxylic acids is 2. The molecule has 2 fully saturated rings. The van der Waals surface area contributed by atoms with Gasteiger partial charge in [-0.1, -0.05) is 44.2 Å². The van der Waals surface area contributed by atoms with Crippen molar-refractivity contribution in [3.8, 4) is 5.75 Å². The van der Waals surface area contributed by atoms with Gasteiger partial charge in [-0.3, -0.25) is 4.79 Å². The maximum Gasteiger partial charge on any atom is 0.407 e. The number of hydrogen-bond donors (Lipinski definition) is 5. The Bertz CT molecular complexity index is 1530. The van der Waals surface area contributed by atoms with Crippen LogP contribution in [0, 0.1) is 11.3 Å².